The van der Waals surface area contributed by atoms with E-state index < -0.39 is 0 Å². The number of piperazine rings is 1. The van der Waals surface area contributed by atoms with Crippen LogP contribution in [-0.4, -0.2) is 61.5 Å². The molecule has 2 saturated heterocycles. The summed E-state index contributed by atoms with van der Waals surface area (Å²) in [4.78, 5) is 16.3. The molecule has 2 heterocycles. The number of hydrogen-bond acceptors (Lipinski definition) is 3. The first-order chi connectivity index (χ1) is 7.75. The molecule has 1 atom stereocenters. The Balaban J connectivity index is 1.74. The maximum Gasteiger partial charge on any atom is 0.224 e. The predicted octanol–water partition coefficient (Wildman–Crippen LogP) is 0.293. The van der Waals surface area contributed by atoms with Gasteiger partial charge in [-0.3, -0.25) is 4.79 Å². The van der Waals surface area contributed by atoms with Crippen LogP contribution in [0.25, 0.3) is 0 Å². The van der Waals surface area contributed by atoms with E-state index in [9.17, 15) is 4.79 Å². The minimum atomic E-state index is 0.340. The monoisotopic (exact) mass is 225 g/mol. The van der Waals surface area contributed by atoms with Crippen molar-refractivity contribution in [3.05, 3.63) is 0 Å². The van der Waals surface area contributed by atoms with Gasteiger partial charge >= 0.3 is 0 Å². The molecule has 0 radical (unpaired) electrons. The SMILES string of the molecule is CN1CCN(C(=O)CC2CCCCN2)CC1. The molecule has 0 spiro atoms. The van der Waals surface area contributed by atoms with Crippen LogP contribution in [0.2, 0.25) is 0 Å². The number of rotatable bonds is 2. The average Bonchev–Trinajstić information content (AvgIpc) is 2.31. The zero-order chi connectivity index (χ0) is 11.4. The zero-order valence-corrected chi connectivity index (χ0v) is 10.2. The lowest BCUT2D eigenvalue weighted by Crippen LogP contribution is -2.49. The molecule has 4 nitrogen and oxygen atoms in total. The Kier molecular flexibility index (Phi) is 4.18. The molecule has 2 fully saturated rings. The van der Waals surface area contributed by atoms with Gasteiger partial charge in [0.1, 0.15) is 0 Å². The summed E-state index contributed by atoms with van der Waals surface area (Å²) in [5.41, 5.74) is 0. The van der Waals surface area contributed by atoms with E-state index in [-0.39, 0.29) is 0 Å². The Morgan fingerprint density at radius 1 is 1.25 bits per heavy atom. The molecule has 1 N–H and O–H groups in total. The van der Waals surface area contributed by atoms with E-state index in [0.717, 1.165) is 32.7 Å². The third-order valence-electron chi connectivity index (χ3n) is 3.69. The van der Waals surface area contributed by atoms with Crippen LogP contribution in [0.1, 0.15) is 25.7 Å². The number of hydrogen-bond donors (Lipinski definition) is 1. The summed E-state index contributed by atoms with van der Waals surface area (Å²) in [7, 11) is 2.12. The van der Waals surface area contributed by atoms with E-state index in [1.807, 2.05) is 4.90 Å². The number of carbonyl (C=O) groups is 1. The van der Waals surface area contributed by atoms with Crippen molar-refractivity contribution in [3.63, 3.8) is 0 Å². The maximum absolute atomic E-state index is 12.0. The highest BCUT2D eigenvalue weighted by Gasteiger charge is 2.22. The van der Waals surface area contributed by atoms with E-state index >= 15 is 0 Å². The van der Waals surface area contributed by atoms with Gasteiger partial charge in [-0.25, -0.2) is 0 Å². The number of piperidine rings is 1. The Labute approximate surface area is 98.0 Å². The van der Waals surface area contributed by atoms with Gasteiger partial charge in [0.2, 0.25) is 5.91 Å². The smallest absolute Gasteiger partial charge is 0.224 e. The molecule has 0 aromatic carbocycles. The van der Waals surface area contributed by atoms with Crippen molar-refractivity contribution in [1.29, 1.82) is 0 Å². The standard InChI is InChI=1S/C12H23N3O/c1-14-6-8-15(9-7-14)12(16)10-11-4-2-3-5-13-11/h11,13H,2-10H2,1H3. The molecule has 0 aromatic rings. The second-order valence-corrected chi connectivity index (χ2v) is 5.04. The lowest BCUT2D eigenvalue weighted by atomic mass is 10.0. The zero-order valence-electron chi connectivity index (χ0n) is 10.2. The van der Waals surface area contributed by atoms with Crippen molar-refractivity contribution in [2.45, 2.75) is 31.7 Å². The molecule has 2 aliphatic heterocycles. The van der Waals surface area contributed by atoms with Crippen LogP contribution in [0.5, 0.6) is 0 Å². The first kappa shape index (κ1) is 11.9. The second-order valence-electron chi connectivity index (χ2n) is 5.04. The molecule has 2 rings (SSSR count). The maximum atomic E-state index is 12.0. The molecule has 0 saturated carbocycles. The first-order valence-electron chi connectivity index (χ1n) is 6.45. The van der Waals surface area contributed by atoms with Gasteiger partial charge in [-0.2, -0.15) is 0 Å². The van der Waals surface area contributed by atoms with Crippen molar-refractivity contribution in [3.8, 4) is 0 Å². The fraction of sp³-hybridized carbons (Fsp3) is 0.917. The lowest BCUT2D eigenvalue weighted by molar-refractivity contribution is -0.133. The van der Waals surface area contributed by atoms with Crippen LogP contribution in [-0.2, 0) is 4.79 Å². The molecule has 4 heteroatoms. The third kappa shape index (κ3) is 3.19. The Morgan fingerprint density at radius 2 is 2.00 bits per heavy atom. The van der Waals surface area contributed by atoms with Gasteiger partial charge in [0.25, 0.3) is 0 Å². The number of likely N-dealkylation sites (N-methyl/N-ethyl adjacent to an activating group) is 1. The Bertz CT molecular complexity index is 230. The Morgan fingerprint density at radius 3 is 2.62 bits per heavy atom. The molecule has 0 aromatic heterocycles. The highest BCUT2D eigenvalue weighted by atomic mass is 16.2. The summed E-state index contributed by atoms with van der Waals surface area (Å²) >= 11 is 0. The van der Waals surface area contributed by atoms with E-state index in [2.05, 4.69) is 17.3 Å². The molecule has 1 amide bonds. The van der Waals surface area contributed by atoms with Gasteiger partial charge in [-0.15, -0.1) is 0 Å². The summed E-state index contributed by atoms with van der Waals surface area (Å²) < 4.78 is 0. The van der Waals surface area contributed by atoms with E-state index in [0.29, 0.717) is 18.4 Å². The molecule has 0 bridgehead atoms. The topological polar surface area (TPSA) is 35.6 Å². The molecular weight excluding hydrogens is 202 g/mol. The fourth-order valence-corrected chi connectivity index (χ4v) is 2.49. The number of amides is 1. The fourth-order valence-electron chi connectivity index (χ4n) is 2.49. The van der Waals surface area contributed by atoms with Gasteiger partial charge in [0, 0.05) is 38.6 Å². The molecule has 92 valence electrons. The number of carbonyl (C=O) groups excluding carboxylic acids is 1. The largest absolute Gasteiger partial charge is 0.340 e. The summed E-state index contributed by atoms with van der Waals surface area (Å²) in [6.07, 6.45) is 4.40. The van der Waals surface area contributed by atoms with E-state index in [1.54, 1.807) is 0 Å². The van der Waals surface area contributed by atoms with Crippen LogP contribution in [0.3, 0.4) is 0 Å². The van der Waals surface area contributed by atoms with Crippen molar-refractivity contribution in [1.82, 2.24) is 15.1 Å². The summed E-state index contributed by atoms with van der Waals surface area (Å²) in [6.45, 7) is 4.93. The predicted molar refractivity (Wildman–Crippen MR) is 64.3 cm³/mol. The van der Waals surface area contributed by atoms with Gasteiger partial charge < -0.3 is 15.1 Å². The number of nitrogens with one attached hydrogen (secondary N) is 1. The van der Waals surface area contributed by atoms with Crippen LogP contribution < -0.4 is 5.32 Å². The lowest BCUT2D eigenvalue weighted by Gasteiger charge is -2.34. The molecule has 16 heavy (non-hydrogen) atoms. The average molecular weight is 225 g/mol. The van der Waals surface area contributed by atoms with Crippen LogP contribution in [0.4, 0.5) is 0 Å². The Hall–Kier alpha value is -0.610. The van der Waals surface area contributed by atoms with Gasteiger partial charge in [-0.05, 0) is 26.4 Å². The molecule has 2 aliphatic rings. The van der Waals surface area contributed by atoms with Gasteiger partial charge in [-0.1, -0.05) is 6.42 Å². The van der Waals surface area contributed by atoms with Crippen molar-refractivity contribution in [2.75, 3.05) is 39.8 Å². The van der Waals surface area contributed by atoms with Crippen molar-refractivity contribution < 1.29 is 4.79 Å². The molecule has 1 unspecified atom stereocenters. The number of nitrogens with zero attached hydrogens (tertiary/aromatic N) is 2. The van der Waals surface area contributed by atoms with Crippen LogP contribution in [0, 0.1) is 0 Å². The van der Waals surface area contributed by atoms with Crippen LogP contribution >= 0.6 is 0 Å². The minimum Gasteiger partial charge on any atom is -0.340 e. The summed E-state index contributed by atoms with van der Waals surface area (Å²) in [6, 6.07) is 0.431. The normalized spacial score (nSPS) is 28.1. The highest BCUT2D eigenvalue weighted by Crippen LogP contribution is 2.12. The first-order valence-corrected chi connectivity index (χ1v) is 6.45. The third-order valence-corrected chi connectivity index (χ3v) is 3.69. The van der Waals surface area contributed by atoms with E-state index in [4.69, 9.17) is 0 Å². The summed E-state index contributed by atoms with van der Waals surface area (Å²) in [5.74, 6) is 0.340. The summed E-state index contributed by atoms with van der Waals surface area (Å²) in [5, 5.41) is 3.44. The van der Waals surface area contributed by atoms with Crippen molar-refractivity contribution in [2.24, 2.45) is 0 Å². The highest BCUT2D eigenvalue weighted by molar-refractivity contribution is 5.77. The molecule has 0 aliphatic carbocycles. The van der Waals surface area contributed by atoms with Gasteiger partial charge in [0.05, 0.1) is 0 Å². The minimum absolute atomic E-state index is 0.340. The van der Waals surface area contributed by atoms with Crippen LogP contribution in [0.15, 0.2) is 0 Å². The second kappa shape index (κ2) is 5.64. The van der Waals surface area contributed by atoms with E-state index in [1.165, 1.54) is 19.3 Å². The quantitative estimate of drug-likeness (QED) is 0.734. The molecular formula is C12H23N3O. The van der Waals surface area contributed by atoms with Gasteiger partial charge in [0.15, 0.2) is 0 Å². The van der Waals surface area contributed by atoms with Crippen molar-refractivity contribution >= 4 is 5.91 Å².